The highest BCUT2D eigenvalue weighted by Crippen LogP contribution is 2.34. The van der Waals surface area contributed by atoms with Gasteiger partial charge in [-0.15, -0.1) is 21.5 Å². The van der Waals surface area contributed by atoms with E-state index in [1.807, 2.05) is 69.6 Å². The molecule has 2 aliphatic rings. The molecule has 6 rings (SSSR count). The summed E-state index contributed by atoms with van der Waals surface area (Å²) >= 11 is 1.57. The number of β-amino-alcohol motifs (C(OH)–C–C–N with tert-alkyl or cyclic N) is 1. The number of nitrogens with one attached hydrogen (secondary N) is 3. The van der Waals surface area contributed by atoms with E-state index >= 15 is 0 Å². The first-order valence-electron chi connectivity index (χ1n) is 21.3. The van der Waals surface area contributed by atoms with Crippen LogP contribution in [0.2, 0.25) is 0 Å². The highest BCUT2D eigenvalue weighted by Gasteiger charge is 2.44. The van der Waals surface area contributed by atoms with Gasteiger partial charge in [-0.05, 0) is 54.5 Å². The summed E-state index contributed by atoms with van der Waals surface area (Å²) in [4.78, 5) is 61.9. The number of hydrogen-bond donors (Lipinski definition) is 6. The Morgan fingerprint density at radius 2 is 1.68 bits per heavy atom. The molecule has 338 valence electrons. The van der Waals surface area contributed by atoms with Crippen molar-refractivity contribution >= 4 is 46.5 Å². The lowest BCUT2D eigenvalue weighted by Gasteiger charge is -2.35. The summed E-state index contributed by atoms with van der Waals surface area (Å²) in [6.45, 7) is 9.92. The molecular formula is C45H59N9O8S. The number of nitrogens with zero attached hydrogens (tertiary/aromatic N) is 5. The van der Waals surface area contributed by atoms with Crippen molar-refractivity contribution < 1.29 is 38.9 Å². The number of carbonyl (C=O) groups excluding carboxylic acids is 4. The maximum atomic E-state index is 14.0. The maximum absolute atomic E-state index is 14.0. The average molecular weight is 886 g/mol. The van der Waals surface area contributed by atoms with Gasteiger partial charge in [0, 0.05) is 57.2 Å². The van der Waals surface area contributed by atoms with Crippen LogP contribution < -0.4 is 26.6 Å². The zero-order valence-electron chi connectivity index (χ0n) is 36.3. The first-order chi connectivity index (χ1) is 30.2. The van der Waals surface area contributed by atoms with Gasteiger partial charge in [0.2, 0.25) is 23.6 Å². The molecule has 2 aliphatic heterocycles. The third-order valence-corrected chi connectivity index (χ3v) is 12.5. The number of thiazole rings is 1. The van der Waals surface area contributed by atoms with Crippen LogP contribution in [-0.4, -0.2) is 125 Å². The maximum Gasteiger partial charge on any atom is 0.246 e. The third kappa shape index (κ3) is 12.5. The third-order valence-electron chi connectivity index (χ3n) is 11.5. The number of aliphatic hydroxyl groups is 1. The minimum Gasteiger partial charge on any atom is -0.507 e. The molecule has 0 spiro atoms. The minimum atomic E-state index is -0.844. The van der Waals surface area contributed by atoms with E-state index in [1.54, 1.807) is 29.5 Å². The van der Waals surface area contributed by atoms with Crippen molar-refractivity contribution in [2.75, 3.05) is 69.8 Å². The average Bonchev–Trinajstić information content (AvgIpc) is 3.89. The summed E-state index contributed by atoms with van der Waals surface area (Å²) in [5, 5.41) is 37.7. The van der Waals surface area contributed by atoms with E-state index in [9.17, 15) is 29.4 Å². The number of aromatic hydroxyl groups is 1. The number of likely N-dealkylation sites (tertiary alicyclic amines) is 1. The van der Waals surface area contributed by atoms with E-state index in [-0.39, 0.29) is 87.7 Å². The molecule has 2 saturated heterocycles. The largest absolute Gasteiger partial charge is 0.507 e. The van der Waals surface area contributed by atoms with Gasteiger partial charge in [0.1, 0.15) is 18.4 Å². The fourth-order valence-electron chi connectivity index (χ4n) is 7.82. The van der Waals surface area contributed by atoms with Gasteiger partial charge in [0.25, 0.3) is 0 Å². The van der Waals surface area contributed by atoms with Crippen molar-refractivity contribution in [3.8, 4) is 27.4 Å². The van der Waals surface area contributed by atoms with E-state index in [1.165, 1.54) is 4.90 Å². The predicted molar refractivity (Wildman–Crippen MR) is 239 cm³/mol. The Hall–Kier alpha value is -5.69. The first-order valence-corrected chi connectivity index (χ1v) is 22.2. The number of phenols is 1. The number of ether oxygens (including phenoxy) is 2. The van der Waals surface area contributed by atoms with Gasteiger partial charge in [-0.3, -0.25) is 19.2 Å². The Kier molecular flexibility index (Phi) is 16.0. The molecule has 0 saturated carbocycles. The van der Waals surface area contributed by atoms with Gasteiger partial charge in [0.05, 0.1) is 59.3 Å². The Bertz CT molecular complexity index is 2190. The van der Waals surface area contributed by atoms with Crippen LogP contribution in [0.5, 0.6) is 5.75 Å². The summed E-state index contributed by atoms with van der Waals surface area (Å²) in [7, 11) is 0. The van der Waals surface area contributed by atoms with Crippen molar-refractivity contribution in [3.05, 3.63) is 71.4 Å². The zero-order chi connectivity index (χ0) is 45.1. The van der Waals surface area contributed by atoms with Gasteiger partial charge >= 0.3 is 0 Å². The van der Waals surface area contributed by atoms with E-state index in [0.717, 1.165) is 21.7 Å². The number of aliphatic hydroxyl groups excluding tert-OH is 1. The van der Waals surface area contributed by atoms with Crippen LogP contribution in [0.1, 0.15) is 51.3 Å². The van der Waals surface area contributed by atoms with Crippen molar-refractivity contribution in [1.82, 2.24) is 36.0 Å². The highest BCUT2D eigenvalue weighted by atomic mass is 32.1. The number of aromatic nitrogens is 3. The van der Waals surface area contributed by atoms with Gasteiger partial charge in [0.15, 0.2) is 5.82 Å². The summed E-state index contributed by atoms with van der Waals surface area (Å²) in [5.41, 5.74) is 12.1. The van der Waals surface area contributed by atoms with Crippen molar-refractivity contribution in [2.24, 2.45) is 17.3 Å². The number of carbonyl (C=O) groups is 4. The summed E-state index contributed by atoms with van der Waals surface area (Å²) in [6, 6.07) is 15.8. The summed E-state index contributed by atoms with van der Waals surface area (Å²) < 4.78 is 11.1. The molecular weight excluding hydrogens is 827 g/mol. The molecule has 0 bridgehead atoms. The summed E-state index contributed by atoms with van der Waals surface area (Å²) in [5.74, 6) is -1.55. The Morgan fingerprint density at radius 3 is 2.38 bits per heavy atom. The number of nitrogens with two attached hydrogens (primary N) is 1. The monoisotopic (exact) mass is 885 g/mol. The number of aryl methyl sites for hydroxylation is 1. The van der Waals surface area contributed by atoms with Crippen LogP contribution in [0.25, 0.3) is 21.7 Å². The van der Waals surface area contributed by atoms with Crippen molar-refractivity contribution in [1.29, 1.82) is 0 Å². The second-order valence-electron chi connectivity index (χ2n) is 17.0. The van der Waals surface area contributed by atoms with Gasteiger partial charge < -0.3 is 51.2 Å². The molecule has 7 N–H and O–H groups in total. The number of rotatable bonds is 18. The SMILES string of the molecule is Cc1ncsc1-c1ccc(CNC(=O)[C@@H]2C[C@@H](O)CN2C(=O)[C@@H](CNC(=O)COCCOCCNC(=O)C2CCN(c3cc(-c4ccccc4O)nnc3N)CC2)C(C)(C)C)cc1. The molecule has 4 aromatic rings. The fourth-order valence-corrected chi connectivity index (χ4v) is 8.63. The number of para-hydroxylation sites is 1. The van der Waals surface area contributed by atoms with E-state index in [0.29, 0.717) is 49.4 Å². The molecule has 0 aliphatic carbocycles. The molecule has 2 fully saturated rings. The lowest BCUT2D eigenvalue weighted by atomic mass is 9.79. The van der Waals surface area contributed by atoms with Crippen molar-refractivity contribution in [2.45, 2.75) is 65.6 Å². The van der Waals surface area contributed by atoms with Gasteiger partial charge in [-0.1, -0.05) is 57.2 Å². The molecule has 0 unspecified atom stereocenters. The standard InChI is InChI=1S/C45H59N9O8S/c1-28-40(63-27-50-28)30-11-9-29(10-12-30)23-49-43(59)37-21-32(55)25-54(37)44(60)34(45(2,3)4)24-48-39(57)26-62-20-19-61-18-15-47-42(58)31-13-16-53(17-14-31)36-22-35(51-52-41(36)46)33-7-5-6-8-38(33)56/h5-12,22,27,31-32,34,37,55-56H,13-21,23-26H2,1-4H3,(H2,46,52)(H,47,58)(H,48,57)(H,49,59)/t32-,34-,37+/m1/s1. The normalized spacial score (nSPS) is 17.3. The van der Waals surface area contributed by atoms with Gasteiger partial charge in [-0.2, -0.15) is 0 Å². The van der Waals surface area contributed by atoms with E-state index in [2.05, 4.69) is 36.0 Å². The van der Waals surface area contributed by atoms with Gasteiger partial charge in [-0.25, -0.2) is 4.98 Å². The lowest BCUT2D eigenvalue weighted by molar-refractivity contribution is -0.144. The molecule has 0 radical (unpaired) electrons. The van der Waals surface area contributed by atoms with E-state index < -0.39 is 29.4 Å². The molecule has 4 amide bonds. The number of amides is 4. The predicted octanol–water partition coefficient (Wildman–Crippen LogP) is 3.29. The molecule has 17 nitrogen and oxygen atoms in total. The van der Waals surface area contributed by atoms with Crippen LogP contribution in [0, 0.1) is 24.2 Å². The Morgan fingerprint density at radius 1 is 0.952 bits per heavy atom. The summed E-state index contributed by atoms with van der Waals surface area (Å²) in [6.07, 6.45) is 0.541. The molecule has 4 heterocycles. The van der Waals surface area contributed by atoms with Crippen LogP contribution in [0.3, 0.4) is 0 Å². The van der Waals surface area contributed by atoms with Crippen LogP contribution in [-0.2, 0) is 35.2 Å². The minimum absolute atomic E-state index is 0.0257. The highest BCUT2D eigenvalue weighted by molar-refractivity contribution is 7.13. The molecule has 3 atom stereocenters. The number of piperidine rings is 1. The first kappa shape index (κ1) is 46.8. The molecule has 63 heavy (non-hydrogen) atoms. The smallest absolute Gasteiger partial charge is 0.246 e. The zero-order valence-corrected chi connectivity index (χ0v) is 37.2. The molecule has 2 aromatic heterocycles. The van der Waals surface area contributed by atoms with Crippen LogP contribution in [0.15, 0.2) is 60.1 Å². The van der Waals surface area contributed by atoms with Crippen LogP contribution >= 0.6 is 11.3 Å². The van der Waals surface area contributed by atoms with E-state index in [4.69, 9.17) is 15.2 Å². The Balaban J connectivity index is 0.855. The lowest BCUT2D eigenvalue weighted by Crippen LogP contribution is -2.52. The topological polar surface area (TPSA) is 234 Å². The second-order valence-corrected chi connectivity index (χ2v) is 17.9. The Labute approximate surface area is 371 Å². The number of nitrogen functional groups attached to an aromatic ring is 1. The molecule has 18 heteroatoms. The quantitative estimate of drug-likeness (QED) is 0.0789. The fraction of sp³-hybridized carbons (Fsp3) is 0.489. The number of benzene rings is 2. The van der Waals surface area contributed by atoms with Crippen LogP contribution in [0.4, 0.5) is 11.5 Å². The number of phenolic OH excluding ortho intramolecular Hbond substituents is 1. The number of anilines is 2. The molecule has 2 aromatic carbocycles. The second kappa shape index (κ2) is 21.6. The van der Waals surface area contributed by atoms with Crippen molar-refractivity contribution in [3.63, 3.8) is 0 Å². The number of hydrogen-bond acceptors (Lipinski definition) is 14.